The van der Waals surface area contributed by atoms with Crippen molar-refractivity contribution < 1.29 is 4.74 Å². The first-order chi connectivity index (χ1) is 9.17. The fourth-order valence-electron chi connectivity index (χ4n) is 2.11. The molecule has 102 valence electrons. The van der Waals surface area contributed by atoms with Crippen LogP contribution in [0.25, 0.3) is 0 Å². The highest BCUT2D eigenvalue weighted by Gasteiger charge is 2.11. The summed E-state index contributed by atoms with van der Waals surface area (Å²) in [5.41, 5.74) is 2.26. The molecule has 1 aromatic carbocycles. The highest BCUT2D eigenvalue weighted by molar-refractivity contribution is 5.27. The molecule has 0 aliphatic carbocycles. The molecule has 0 spiro atoms. The van der Waals surface area contributed by atoms with Crippen LogP contribution in [-0.4, -0.2) is 21.5 Å². The molecule has 1 aromatic heterocycles. The zero-order valence-corrected chi connectivity index (χ0v) is 11.6. The quantitative estimate of drug-likeness (QED) is 0.816. The number of ether oxygens (including phenoxy) is 1. The molecule has 0 amide bonds. The fourth-order valence-corrected chi connectivity index (χ4v) is 2.11. The lowest BCUT2D eigenvalue weighted by atomic mass is 10.1. The highest BCUT2D eigenvalue weighted by atomic mass is 16.5. The first kappa shape index (κ1) is 13.5. The summed E-state index contributed by atoms with van der Waals surface area (Å²) in [5, 5.41) is 4.31. The molecule has 2 rings (SSSR count). The molecule has 0 radical (unpaired) electrons. The number of benzene rings is 1. The van der Waals surface area contributed by atoms with Gasteiger partial charge in [-0.3, -0.25) is 4.57 Å². The van der Waals surface area contributed by atoms with E-state index in [9.17, 15) is 4.79 Å². The van der Waals surface area contributed by atoms with Gasteiger partial charge in [0.1, 0.15) is 6.61 Å². The third-order valence-corrected chi connectivity index (χ3v) is 3.22. The summed E-state index contributed by atoms with van der Waals surface area (Å²) in [4.78, 5) is 12.1. The normalized spacial score (nSPS) is 10.9. The van der Waals surface area contributed by atoms with Crippen LogP contribution in [0.3, 0.4) is 0 Å². The topological polar surface area (TPSA) is 49.0 Å². The minimum atomic E-state index is -0.113. The molecule has 0 bridgehead atoms. The SMILES string of the molecule is CCc1ccccc1Cn1nc(COC)n(C)c1=O. The van der Waals surface area contributed by atoms with Crippen LogP contribution in [0, 0.1) is 0 Å². The van der Waals surface area contributed by atoms with Crippen molar-refractivity contribution in [3.63, 3.8) is 0 Å². The van der Waals surface area contributed by atoms with Crippen molar-refractivity contribution in [2.24, 2.45) is 7.05 Å². The van der Waals surface area contributed by atoms with Crippen molar-refractivity contribution in [3.05, 3.63) is 51.7 Å². The van der Waals surface area contributed by atoms with Gasteiger partial charge in [-0.25, -0.2) is 9.48 Å². The molecule has 0 unspecified atom stereocenters. The number of aromatic nitrogens is 3. The first-order valence-electron chi connectivity index (χ1n) is 6.35. The largest absolute Gasteiger partial charge is 0.377 e. The van der Waals surface area contributed by atoms with Crippen LogP contribution < -0.4 is 5.69 Å². The van der Waals surface area contributed by atoms with Crippen molar-refractivity contribution in [3.8, 4) is 0 Å². The molecular formula is C14H19N3O2. The zero-order chi connectivity index (χ0) is 13.8. The molecular weight excluding hydrogens is 242 g/mol. The summed E-state index contributed by atoms with van der Waals surface area (Å²) < 4.78 is 8.05. The van der Waals surface area contributed by atoms with Gasteiger partial charge in [-0.2, -0.15) is 5.10 Å². The van der Waals surface area contributed by atoms with Crippen LogP contribution in [0.15, 0.2) is 29.1 Å². The molecule has 0 aliphatic rings. The van der Waals surface area contributed by atoms with E-state index in [-0.39, 0.29) is 5.69 Å². The average Bonchev–Trinajstić information content (AvgIpc) is 2.68. The number of aryl methyl sites for hydroxylation is 1. The third kappa shape index (κ3) is 2.76. The molecule has 5 nitrogen and oxygen atoms in total. The Morgan fingerprint density at radius 3 is 2.58 bits per heavy atom. The Balaban J connectivity index is 2.33. The lowest BCUT2D eigenvalue weighted by molar-refractivity contribution is 0.174. The monoisotopic (exact) mass is 261 g/mol. The third-order valence-electron chi connectivity index (χ3n) is 3.22. The van der Waals surface area contributed by atoms with Crippen LogP contribution in [0.5, 0.6) is 0 Å². The first-order valence-corrected chi connectivity index (χ1v) is 6.35. The summed E-state index contributed by atoms with van der Waals surface area (Å²) >= 11 is 0. The predicted octanol–water partition coefficient (Wildman–Crippen LogP) is 1.34. The van der Waals surface area contributed by atoms with Crippen molar-refractivity contribution in [1.29, 1.82) is 0 Å². The van der Waals surface area contributed by atoms with Gasteiger partial charge < -0.3 is 4.74 Å². The van der Waals surface area contributed by atoms with E-state index in [1.54, 1.807) is 14.2 Å². The van der Waals surface area contributed by atoms with E-state index in [1.165, 1.54) is 14.8 Å². The van der Waals surface area contributed by atoms with E-state index < -0.39 is 0 Å². The second-order valence-corrected chi connectivity index (χ2v) is 4.47. The Morgan fingerprint density at radius 2 is 1.95 bits per heavy atom. The minimum Gasteiger partial charge on any atom is -0.377 e. The Hall–Kier alpha value is -1.88. The standard InChI is InChI=1S/C14H19N3O2/c1-4-11-7-5-6-8-12(11)9-17-14(18)16(2)13(15-17)10-19-3/h5-8H,4,9-10H2,1-3H3. The Morgan fingerprint density at radius 1 is 1.26 bits per heavy atom. The van der Waals surface area contributed by atoms with E-state index in [0.717, 1.165) is 12.0 Å². The molecule has 5 heteroatoms. The lowest BCUT2D eigenvalue weighted by Gasteiger charge is -2.06. The van der Waals surface area contributed by atoms with Gasteiger partial charge in [0, 0.05) is 14.2 Å². The van der Waals surface area contributed by atoms with E-state index >= 15 is 0 Å². The molecule has 0 N–H and O–H groups in total. The summed E-state index contributed by atoms with van der Waals surface area (Å²) in [6, 6.07) is 8.12. The maximum atomic E-state index is 12.1. The molecule has 19 heavy (non-hydrogen) atoms. The average molecular weight is 261 g/mol. The molecule has 0 saturated heterocycles. The summed E-state index contributed by atoms with van der Waals surface area (Å²) in [6.45, 7) is 2.95. The van der Waals surface area contributed by atoms with E-state index in [1.807, 2.05) is 18.2 Å². The number of hydrogen-bond donors (Lipinski definition) is 0. The molecule has 0 atom stereocenters. The predicted molar refractivity (Wildman–Crippen MR) is 73.1 cm³/mol. The second-order valence-electron chi connectivity index (χ2n) is 4.47. The van der Waals surface area contributed by atoms with Gasteiger partial charge in [-0.15, -0.1) is 0 Å². The van der Waals surface area contributed by atoms with Crippen LogP contribution in [0.4, 0.5) is 0 Å². The number of nitrogens with zero attached hydrogens (tertiary/aromatic N) is 3. The highest BCUT2D eigenvalue weighted by Crippen LogP contribution is 2.10. The molecule has 2 aromatic rings. The van der Waals surface area contributed by atoms with Crippen LogP contribution in [0.1, 0.15) is 23.9 Å². The number of rotatable bonds is 5. The van der Waals surface area contributed by atoms with Gasteiger partial charge in [0.05, 0.1) is 6.54 Å². The maximum absolute atomic E-state index is 12.1. The van der Waals surface area contributed by atoms with Crippen molar-refractivity contribution >= 4 is 0 Å². The van der Waals surface area contributed by atoms with Gasteiger partial charge in [-0.05, 0) is 17.5 Å². The minimum absolute atomic E-state index is 0.113. The van der Waals surface area contributed by atoms with Crippen molar-refractivity contribution in [2.45, 2.75) is 26.5 Å². The lowest BCUT2D eigenvalue weighted by Crippen LogP contribution is -2.24. The number of methoxy groups -OCH3 is 1. The van der Waals surface area contributed by atoms with Crippen LogP contribution in [0.2, 0.25) is 0 Å². The Labute approximate surface area is 112 Å². The van der Waals surface area contributed by atoms with Crippen LogP contribution >= 0.6 is 0 Å². The molecule has 0 saturated carbocycles. The van der Waals surface area contributed by atoms with E-state index in [0.29, 0.717) is 19.0 Å². The summed E-state index contributed by atoms with van der Waals surface area (Å²) in [6.07, 6.45) is 0.947. The van der Waals surface area contributed by atoms with E-state index in [4.69, 9.17) is 4.74 Å². The molecule has 0 aliphatic heterocycles. The van der Waals surface area contributed by atoms with Gasteiger partial charge in [0.2, 0.25) is 0 Å². The Kier molecular flexibility index (Phi) is 4.16. The van der Waals surface area contributed by atoms with E-state index in [2.05, 4.69) is 18.1 Å². The number of hydrogen-bond acceptors (Lipinski definition) is 3. The van der Waals surface area contributed by atoms with Gasteiger partial charge in [0.25, 0.3) is 0 Å². The van der Waals surface area contributed by atoms with Crippen LogP contribution in [-0.2, 0) is 31.4 Å². The second kappa shape index (κ2) is 5.84. The van der Waals surface area contributed by atoms with Gasteiger partial charge >= 0.3 is 5.69 Å². The van der Waals surface area contributed by atoms with Gasteiger partial charge in [0.15, 0.2) is 5.82 Å². The zero-order valence-electron chi connectivity index (χ0n) is 11.6. The maximum Gasteiger partial charge on any atom is 0.346 e. The van der Waals surface area contributed by atoms with Crippen molar-refractivity contribution in [1.82, 2.24) is 14.3 Å². The van der Waals surface area contributed by atoms with Gasteiger partial charge in [-0.1, -0.05) is 31.2 Å². The smallest absolute Gasteiger partial charge is 0.346 e. The summed E-state index contributed by atoms with van der Waals surface area (Å²) in [5.74, 6) is 0.640. The Bertz CT molecular complexity index is 613. The summed E-state index contributed by atoms with van der Waals surface area (Å²) in [7, 11) is 3.31. The fraction of sp³-hybridized carbons (Fsp3) is 0.429. The molecule has 0 fully saturated rings. The van der Waals surface area contributed by atoms with Crippen molar-refractivity contribution in [2.75, 3.05) is 7.11 Å². The molecule has 1 heterocycles.